The summed E-state index contributed by atoms with van der Waals surface area (Å²) in [5, 5.41) is 8.38. The molecule has 88 valence electrons. The van der Waals surface area contributed by atoms with Gasteiger partial charge in [-0.3, -0.25) is 4.79 Å². The maximum atomic E-state index is 11.6. The Morgan fingerprint density at radius 3 is 2.53 bits per heavy atom. The second-order valence-electron chi connectivity index (χ2n) is 3.61. The molecular weight excluding hydrogens is 220 g/mol. The van der Waals surface area contributed by atoms with E-state index in [4.69, 9.17) is 5.11 Å². The van der Waals surface area contributed by atoms with E-state index in [9.17, 15) is 13.2 Å². The number of nitrogens with one attached hydrogen (secondary N) is 1. The molecule has 0 spiro atoms. The highest BCUT2D eigenvalue weighted by atomic mass is 32.2. The van der Waals surface area contributed by atoms with Gasteiger partial charge in [-0.1, -0.05) is 6.92 Å². The van der Waals surface area contributed by atoms with E-state index < -0.39 is 22.7 Å². The number of hydrogen-bond donors (Lipinski definition) is 2. The summed E-state index contributed by atoms with van der Waals surface area (Å²) in [6.45, 7) is 2.03. The summed E-state index contributed by atoms with van der Waals surface area (Å²) < 4.78 is 26.5. The molecule has 15 heavy (non-hydrogen) atoms. The van der Waals surface area contributed by atoms with E-state index in [-0.39, 0.29) is 0 Å². The highest BCUT2D eigenvalue weighted by molar-refractivity contribution is 7.87. The fourth-order valence-corrected chi connectivity index (χ4v) is 2.47. The molecular formula is C8H16N2O4S. The Hall–Kier alpha value is -0.660. The third-order valence-electron chi connectivity index (χ3n) is 2.26. The summed E-state index contributed by atoms with van der Waals surface area (Å²) in [4.78, 5) is 10.2. The highest BCUT2D eigenvalue weighted by Crippen LogP contribution is 2.30. The molecule has 1 aliphatic carbocycles. The van der Waals surface area contributed by atoms with Crippen molar-refractivity contribution in [1.29, 1.82) is 0 Å². The fraction of sp³-hybridized carbons (Fsp3) is 0.875. The molecule has 0 aromatic heterocycles. The van der Waals surface area contributed by atoms with Crippen LogP contribution in [0, 0.1) is 5.92 Å². The second kappa shape index (κ2) is 4.91. The molecule has 1 fully saturated rings. The normalized spacial score (nSPS) is 16.9. The van der Waals surface area contributed by atoms with Gasteiger partial charge in [0.2, 0.25) is 0 Å². The van der Waals surface area contributed by atoms with E-state index in [1.54, 1.807) is 6.92 Å². The van der Waals surface area contributed by atoms with Gasteiger partial charge in [-0.15, -0.1) is 0 Å². The van der Waals surface area contributed by atoms with Crippen molar-refractivity contribution >= 4 is 16.2 Å². The first-order valence-corrected chi connectivity index (χ1v) is 6.36. The lowest BCUT2D eigenvalue weighted by molar-refractivity contribution is -0.135. The first-order valence-electron chi connectivity index (χ1n) is 4.92. The van der Waals surface area contributed by atoms with Crippen molar-refractivity contribution < 1.29 is 18.3 Å². The molecule has 1 aliphatic rings. The Bertz CT molecular complexity index is 324. The molecule has 1 rings (SSSR count). The maximum absolute atomic E-state index is 11.6. The van der Waals surface area contributed by atoms with Gasteiger partial charge in [0.25, 0.3) is 10.2 Å². The summed E-state index contributed by atoms with van der Waals surface area (Å²) >= 11 is 0. The van der Waals surface area contributed by atoms with Gasteiger partial charge >= 0.3 is 5.97 Å². The Labute approximate surface area is 89.4 Å². The lowest BCUT2D eigenvalue weighted by Gasteiger charge is -2.19. The zero-order valence-corrected chi connectivity index (χ0v) is 9.46. The predicted molar refractivity (Wildman–Crippen MR) is 54.5 cm³/mol. The zero-order chi connectivity index (χ0) is 11.5. The van der Waals surface area contributed by atoms with Crippen LogP contribution in [0.15, 0.2) is 0 Å². The maximum Gasteiger partial charge on any atom is 0.318 e. The van der Waals surface area contributed by atoms with Crippen molar-refractivity contribution in [3.63, 3.8) is 0 Å². The topological polar surface area (TPSA) is 86.7 Å². The zero-order valence-electron chi connectivity index (χ0n) is 8.64. The average Bonchev–Trinajstić information content (AvgIpc) is 2.94. The number of carboxylic acid groups (broad SMARTS) is 1. The lowest BCUT2D eigenvalue weighted by Crippen LogP contribution is -2.43. The molecule has 0 bridgehead atoms. The van der Waals surface area contributed by atoms with Gasteiger partial charge < -0.3 is 5.11 Å². The van der Waals surface area contributed by atoms with E-state index in [0.717, 1.165) is 12.8 Å². The van der Waals surface area contributed by atoms with Gasteiger partial charge in [-0.05, 0) is 18.8 Å². The molecule has 0 heterocycles. The Morgan fingerprint density at radius 2 is 2.13 bits per heavy atom. The summed E-state index contributed by atoms with van der Waals surface area (Å²) in [7, 11) is -3.62. The molecule has 0 amide bonds. The van der Waals surface area contributed by atoms with Crippen molar-refractivity contribution in [3.8, 4) is 0 Å². The van der Waals surface area contributed by atoms with Crippen LogP contribution >= 0.6 is 0 Å². The number of nitrogens with zero attached hydrogens (tertiary/aromatic N) is 1. The molecule has 0 atom stereocenters. The summed E-state index contributed by atoms with van der Waals surface area (Å²) in [5.74, 6) is -0.729. The van der Waals surface area contributed by atoms with Crippen LogP contribution in [0.1, 0.15) is 19.8 Å². The second-order valence-corrected chi connectivity index (χ2v) is 5.37. The van der Waals surface area contributed by atoms with Crippen LogP contribution in [0.2, 0.25) is 0 Å². The van der Waals surface area contributed by atoms with Crippen molar-refractivity contribution in [1.82, 2.24) is 9.03 Å². The van der Waals surface area contributed by atoms with E-state index >= 15 is 0 Å². The Kier molecular flexibility index (Phi) is 4.06. The standard InChI is InChI=1S/C8H16N2O4S/c1-2-10(6-7-3-4-7)15(13,14)9-5-8(11)12/h7,9H,2-6H2,1H3,(H,11,12). The van der Waals surface area contributed by atoms with Crippen LogP contribution in [0.3, 0.4) is 0 Å². The third kappa shape index (κ3) is 4.15. The summed E-state index contributed by atoms with van der Waals surface area (Å²) in [5.41, 5.74) is 0. The monoisotopic (exact) mass is 236 g/mol. The van der Waals surface area contributed by atoms with Crippen LogP contribution in [0.4, 0.5) is 0 Å². The van der Waals surface area contributed by atoms with Crippen molar-refractivity contribution in [3.05, 3.63) is 0 Å². The first-order chi connectivity index (χ1) is 6.95. The van der Waals surface area contributed by atoms with Gasteiger partial charge in [0, 0.05) is 13.1 Å². The first kappa shape index (κ1) is 12.4. The molecule has 7 heteroatoms. The molecule has 0 radical (unpaired) electrons. The van der Waals surface area contributed by atoms with Crippen molar-refractivity contribution in [2.24, 2.45) is 5.92 Å². The molecule has 1 saturated carbocycles. The smallest absolute Gasteiger partial charge is 0.318 e. The van der Waals surface area contributed by atoms with E-state index in [0.29, 0.717) is 19.0 Å². The summed E-state index contributed by atoms with van der Waals surface area (Å²) in [6, 6.07) is 0. The average molecular weight is 236 g/mol. The van der Waals surface area contributed by atoms with Crippen molar-refractivity contribution in [2.75, 3.05) is 19.6 Å². The quantitative estimate of drug-likeness (QED) is 0.632. The molecule has 0 aliphatic heterocycles. The Balaban J connectivity index is 2.51. The molecule has 2 N–H and O–H groups in total. The molecule has 0 unspecified atom stereocenters. The van der Waals surface area contributed by atoms with Gasteiger partial charge in [-0.2, -0.15) is 17.4 Å². The molecule has 0 saturated heterocycles. The van der Waals surface area contributed by atoms with Crippen LogP contribution in [-0.2, 0) is 15.0 Å². The largest absolute Gasteiger partial charge is 0.480 e. The number of rotatable bonds is 7. The van der Waals surface area contributed by atoms with E-state index in [2.05, 4.69) is 0 Å². The fourth-order valence-electron chi connectivity index (χ4n) is 1.23. The van der Waals surface area contributed by atoms with Crippen LogP contribution in [0.25, 0.3) is 0 Å². The summed E-state index contributed by atoms with van der Waals surface area (Å²) in [6.07, 6.45) is 2.12. The molecule has 0 aromatic rings. The van der Waals surface area contributed by atoms with Crippen molar-refractivity contribution in [2.45, 2.75) is 19.8 Å². The van der Waals surface area contributed by atoms with Crippen LogP contribution in [-0.4, -0.2) is 43.4 Å². The van der Waals surface area contributed by atoms with Gasteiger partial charge in [-0.25, -0.2) is 0 Å². The number of aliphatic carboxylic acids is 1. The SMILES string of the molecule is CCN(CC1CC1)S(=O)(=O)NCC(=O)O. The number of carbonyl (C=O) groups is 1. The Morgan fingerprint density at radius 1 is 1.53 bits per heavy atom. The van der Waals surface area contributed by atoms with E-state index in [1.807, 2.05) is 4.72 Å². The van der Waals surface area contributed by atoms with Crippen LogP contribution in [0.5, 0.6) is 0 Å². The predicted octanol–water partition coefficient (Wildman–Crippen LogP) is -0.363. The number of carboxylic acids is 1. The van der Waals surface area contributed by atoms with Gasteiger partial charge in [0.1, 0.15) is 6.54 Å². The number of hydrogen-bond acceptors (Lipinski definition) is 3. The van der Waals surface area contributed by atoms with Gasteiger partial charge in [0.15, 0.2) is 0 Å². The minimum Gasteiger partial charge on any atom is -0.480 e. The minimum absolute atomic E-state index is 0.367. The van der Waals surface area contributed by atoms with E-state index in [1.165, 1.54) is 4.31 Å². The molecule has 6 nitrogen and oxygen atoms in total. The third-order valence-corrected chi connectivity index (χ3v) is 3.85. The lowest BCUT2D eigenvalue weighted by atomic mass is 10.4. The highest BCUT2D eigenvalue weighted by Gasteiger charge is 2.29. The van der Waals surface area contributed by atoms with Crippen LogP contribution < -0.4 is 4.72 Å². The molecule has 0 aromatic carbocycles. The minimum atomic E-state index is -3.62. The van der Waals surface area contributed by atoms with Gasteiger partial charge in [0.05, 0.1) is 0 Å².